The topological polar surface area (TPSA) is 63.4 Å². The number of nitrogens with zero attached hydrogens (tertiary/aromatic N) is 1. The average Bonchev–Trinajstić information content (AvgIpc) is 2.44. The smallest absolute Gasteiger partial charge is 0.267 e. The number of nitrogen functional groups attached to an aromatic ring is 1. The van der Waals surface area contributed by atoms with Crippen LogP contribution in [0.2, 0.25) is 0 Å². The van der Waals surface area contributed by atoms with E-state index in [1.807, 2.05) is 19.1 Å². The predicted molar refractivity (Wildman–Crippen MR) is 82.2 cm³/mol. The van der Waals surface area contributed by atoms with Gasteiger partial charge in [0.25, 0.3) is 10.0 Å². The third-order valence-electron chi connectivity index (χ3n) is 3.19. The van der Waals surface area contributed by atoms with Gasteiger partial charge in [-0.1, -0.05) is 18.2 Å². The highest BCUT2D eigenvalue weighted by molar-refractivity contribution is 7.92. The molecule has 0 bridgehead atoms. The third-order valence-corrected chi connectivity index (χ3v) is 5.10. The monoisotopic (exact) mass is 308 g/mol. The molecule has 0 fully saturated rings. The lowest BCUT2D eigenvalue weighted by Gasteiger charge is -2.24. The molecule has 2 N–H and O–H groups in total. The Labute approximate surface area is 124 Å². The Morgan fingerprint density at radius 1 is 1.19 bits per heavy atom. The van der Waals surface area contributed by atoms with Crippen LogP contribution in [0.4, 0.5) is 15.8 Å². The number of benzene rings is 2. The summed E-state index contributed by atoms with van der Waals surface area (Å²) in [5, 5.41) is 0. The Balaban J connectivity index is 2.61. The maximum atomic E-state index is 13.9. The van der Waals surface area contributed by atoms with Crippen molar-refractivity contribution in [3.05, 3.63) is 53.8 Å². The first-order chi connectivity index (χ1) is 9.87. The normalized spacial score (nSPS) is 11.4. The summed E-state index contributed by atoms with van der Waals surface area (Å²) in [6.07, 6.45) is 0. The summed E-state index contributed by atoms with van der Waals surface area (Å²) < 4.78 is 40.5. The van der Waals surface area contributed by atoms with Crippen molar-refractivity contribution in [3.63, 3.8) is 0 Å². The van der Waals surface area contributed by atoms with Gasteiger partial charge >= 0.3 is 0 Å². The van der Waals surface area contributed by atoms with E-state index in [9.17, 15) is 12.8 Å². The van der Waals surface area contributed by atoms with E-state index in [0.29, 0.717) is 5.69 Å². The van der Waals surface area contributed by atoms with Crippen LogP contribution in [-0.4, -0.2) is 15.0 Å². The first-order valence-electron chi connectivity index (χ1n) is 6.51. The lowest BCUT2D eigenvalue weighted by atomic mass is 10.2. The molecule has 0 spiro atoms. The Kier molecular flexibility index (Phi) is 4.18. The molecule has 2 rings (SSSR count). The van der Waals surface area contributed by atoms with E-state index in [1.54, 1.807) is 19.1 Å². The van der Waals surface area contributed by atoms with Crippen LogP contribution >= 0.6 is 0 Å². The maximum absolute atomic E-state index is 13.9. The summed E-state index contributed by atoms with van der Waals surface area (Å²) in [7, 11) is -4.00. The van der Waals surface area contributed by atoms with E-state index >= 15 is 0 Å². The molecule has 0 saturated heterocycles. The number of rotatable bonds is 4. The second kappa shape index (κ2) is 5.73. The molecule has 0 aromatic heterocycles. The summed E-state index contributed by atoms with van der Waals surface area (Å²) in [5.41, 5.74) is 7.12. The van der Waals surface area contributed by atoms with Crippen LogP contribution in [-0.2, 0) is 10.0 Å². The molecule has 0 atom stereocenters. The van der Waals surface area contributed by atoms with E-state index in [1.165, 1.54) is 10.4 Å². The van der Waals surface area contributed by atoms with E-state index in [4.69, 9.17) is 5.73 Å². The Bertz CT molecular complexity index is 760. The first-order valence-corrected chi connectivity index (χ1v) is 7.95. The van der Waals surface area contributed by atoms with Gasteiger partial charge in [0.05, 0.1) is 5.69 Å². The van der Waals surface area contributed by atoms with Gasteiger partial charge < -0.3 is 5.73 Å². The van der Waals surface area contributed by atoms with E-state index < -0.39 is 20.7 Å². The molecule has 0 aliphatic carbocycles. The molecule has 0 radical (unpaired) electrons. The van der Waals surface area contributed by atoms with Gasteiger partial charge in [0, 0.05) is 12.2 Å². The number of para-hydroxylation sites is 1. The minimum Gasteiger partial charge on any atom is -0.399 e. The standard InChI is InChI=1S/C15H17FN2O2S/c1-3-18(14-7-5-4-6-11(14)2)21(19,20)15-10-12(17)8-9-13(15)16/h4-10H,3,17H2,1-2H3. The number of sulfonamides is 1. The number of hydrogen-bond acceptors (Lipinski definition) is 3. The molecular formula is C15H17FN2O2S. The lowest BCUT2D eigenvalue weighted by molar-refractivity contribution is 0.564. The van der Waals surface area contributed by atoms with Gasteiger partial charge in [-0.25, -0.2) is 12.8 Å². The second-order valence-electron chi connectivity index (χ2n) is 4.65. The SMILES string of the molecule is CCN(c1ccccc1C)S(=O)(=O)c1cc(N)ccc1F. The highest BCUT2D eigenvalue weighted by Gasteiger charge is 2.27. The van der Waals surface area contributed by atoms with Gasteiger partial charge in [-0.3, -0.25) is 4.31 Å². The second-order valence-corrected chi connectivity index (χ2v) is 6.48. The molecule has 6 heteroatoms. The molecule has 4 nitrogen and oxygen atoms in total. The zero-order valence-corrected chi connectivity index (χ0v) is 12.7. The molecule has 2 aromatic carbocycles. The van der Waals surface area contributed by atoms with Gasteiger partial charge in [0.2, 0.25) is 0 Å². The van der Waals surface area contributed by atoms with Crippen LogP contribution in [0.1, 0.15) is 12.5 Å². The molecule has 2 aromatic rings. The number of aryl methyl sites for hydroxylation is 1. The van der Waals surface area contributed by atoms with Crippen LogP contribution in [0, 0.1) is 12.7 Å². The molecule has 0 amide bonds. The van der Waals surface area contributed by atoms with Crippen molar-refractivity contribution in [1.82, 2.24) is 0 Å². The minimum absolute atomic E-state index is 0.196. The van der Waals surface area contributed by atoms with Crippen LogP contribution in [0.5, 0.6) is 0 Å². The van der Waals surface area contributed by atoms with E-state index in [0.717, 1.165) is 17.7 Å². The number of anilines is 2. The van der Waals surface area contributed by atoms with Crippen molar-refractivity contribution >= 4 is 21.4 Å². The van der Waals surface area contributed by atoms with Crippen molar-refractivity contribution in [2.45, 2.75) is 18.7 Å². The van der Waals surface area contributed by atoms with Crippen molar-refractivity contribution in [2.24, 2.45) is 0 Å². The van der Waals surface area contributed by atoms with Crippen molar-refractivity contribution in [1.29, 1.82) is 0 Å². The lowest BCUT2D eigenvalue weighted by Crippen LogP contribution is -2.32. The van der Waals surface area contributed by atoms with Gasteiger partial charge in [-0.05, 0) is 43.7 Å². The fraction of sp³-hybridized carbons (Fsp3) is 0.200. The maximum Gasteiger partial charge on any atom is 0.267 e. The Morgan fingerprint density at radius 3 is 2.48 bits per heavy atom. The van der Waals surface area contributed by atoms with Crippen LogP contribution in [0.3, 0.4) is 0 Å². The number of hydrogen-bond donors (Lipinski definition) is 1. The Hall–Kier alpha value is -2.08. The van der Waals surface area contributed by atoms with Gasteiger partial charge in [-0.15, -0.1) is 0 Å². The highest BCUT2D eigenvalue weighted by atomic mass is 32.2. The van der Waals surface area contributed by atoms with Crippen molar-refractivity contribution in [2.75, 3.05) is 16.6 Å². The Morgan fingerprint density at radius 2 is 1.86 bits per heavy atom. The fourth-order valence-corrected chi connectivity index (χ4v) is 3.79. The summed E-state index contributed by atoms with van der Waals surface area (Å²) in [5.74, 6) is -0.809. The molecule has 0 aliphatic heterocycles. The van der Waals surface area contributed by atoms with E-state index in [2.05, 4.69) is 0 Å². The summed E-state index contributed by atoms with van der Waals surface area (Å²) in [4.78, 5) is -0.410. The molecular weight excluding hydrogens is 291 g/mol. The number of halogens is 1. The number of nitrogens with two attached hydrogens (primary N) is 1. The average molecular weight is 308 g/mol. The summed E-state index contributed by atoms with van der Waals surface area (Å²) >= 11 is 0. The van der Waals surface area contributed by atoms with Crippen LogP contribution in [0.15, 0.2) is 47.4 Å². The molecule has 0 heterocycles. The molecule has 0 saturated carbocycles. The molecule has 21 heavy (non-hydrogen) atoms. The fourth-order valence-electron chi connectivity index (χ4n) is 2.15. The van der Waals surface area contributed by atoms with Crippen molar-refractivity contribution < 1.29 is 12.8 Å². The molecule has 0 aliphatic rings. The third kappa shape index (κ3) is 2.85. The molecule has 112 valence electrons. The van der Waals surface area contributed by atoms with Gasteiger partial charge in [0.1, 0.15) is 10.7 Å². The zero-order valence-electron chi connectivity index (χ0n) is 11.9. The minimum atomic E-state index is -4.00. The van der Waals surface area contributed by atoms with E-state index in [-0.39, 0.29) is 12.2 Å². The highest BCUT2D eigenvalue weighted by Crippen LogP contribution is 2.28. The van der Waals surface area contributed by atoms with Crippen LogP contribution in [0.25, 0.3) is 0 Å². The van der Waals surface area contributed by atoms with Crippen molar-refractivity contribution in [3.8, 4) is 0 Å². The zero-order chi connectivity index (χ0) is 15.6. The van der Waals surface area contributed by atoms with Crippen LogP contribution < -0.4 is 10.0 Å². The van der Waals surface area contributed by atoms with Gasteiger partial charge in [0.15, 0.2) is 0 Å². The summed E-state index contributed by atoms with van der Waals surface area (Å²) in [6, 6.07) is 10.6. The quantitative estimate of drug-likeness (QED) is 0.883. The van der Waals surface area contributed by atoms with Gasteiger partial charge in [-0.2, -0.15) is 0 Å². The predicted octanol–water partition coefficient (Wildman–Crippen LogP) is 2.93. The molecule has 0 unspecified atom stereocenters. The first kappa shape index (κ1) is 15.3. The summed E-state index contributed by atoms with van der Waals surface area (Å²) in [6.45, 7) is 3.71. The largest absolute Gasteiger partial charge is 0.399 e.